The minimum absolute atomic E-state index is 0.256. The third-order valence-electron chi connectivity index (χ3n) is 3.32. The van der Waals surface area contributed by atoms with Crippen LogP contribution in [0, 0.1) is 0 Å². The standard InChI is InChI=1S/C17H27NO2/c1-4-6-7-8-11-14(3)18-16-13-10-9-12-15(16)17(19)20-5-2/h9-10,12-14,18H,4-8,11H2,1-3H3. The van der Waals surface area contributed by atoms with Crippen molar-refractivity contribution < 1.29 is 9.53 Å². The van der Waals surface area contributed by atoms with Gasteiger partial charge in [0, 0.05) is 11.7 Å². The first-order chi connectivity index (χ1) is 9.69. The number of esters is 1. The molecule has 0 aromatic heterocycles. The molecule has 1 N–H and O–H groups in total. The number of rotatable bonds is 9. The molecule has 1 aromatic carbocycles. The zero-order chi connectivity index (χ0) is 14.8. The second-order valence-corrected chi connectivity index (χ2v) is 5.16. The predicted molar refractivity (Wildman–Crippen MR) is 84.2 cm³/mol. The van der Waals surface area contributed by atoms with Crippen molar-refractivity contribution >= 4 is 11.7 Å². The van der Waals surface area contributed by atoms with Crippen LogP contribution in [0.2, 0.25) is 0 Å². The molecular weight excluding hydrogens is 250 g/mol. The van der Waals surface area contributed by atoms with Crippen molar-refractivity contribution in [3.05, 3.63) is 29.8 Å². The minimum atomic E-state index is -0.256. The Morgan fingerprint density at radius 3 is 2.65 bits per heavy atom. The van der Waals surface area contributed by atoms with Gasteiger partial charge in [0.1, 0.15) is 0 Å². The number of hydrogen-bond donors (Lipinski definition) is 1. The molecule has 0 aliphatic carbocycles. The predicted octanol–water partition coefficient (Wildman–Crippen LogP) is 4.63. The molecule has 3 heteroatoms. The molecule has 0 bridgehead atoms. The lowest BCUT2D eigenvalue weighted by atomic mass is 10.1. The summed E-state index contributed by atoms with van der Waals surface area (Å²) in [6, 6.07) is 7.92. The van der Waals surface area contributed by atoms with Crippen LogP contribution >= 0.6 is 0 Å². The van der Waals surface area contributed by atoms with Crippen LogP contribution in [-0.2, 0) is 4.74 Å². The maximum absolute atomic E-state index is 11.9. The summed E-state index contributed by atoms with van der Waals surface area (Å²) >= 11 is 0. The van der Waals surface area contributed by atoms with Crippen LogP contribution in [0.4, 0.5) is 5.69 Å². The first-order valence-electron chi connectivity index (χ1n) is 7.71. The van der Waals surface area contributed by atoms with Gasteiger partial charge in [-0.2, -0.15) is 0 Å². The normalized spacial score (nSPS) is 11.9. The molecule has 0 saturated carbocycles. The molecule has 0 heterocycles. The fourth-order valence-corrected chi connectivity index (χ4v) is 2.21. The van der Waals surface area contributed by atoms with Crippen LogP contribution in [0.5, 0.6) is 0 Å². The van der Waals surface area contributed by atoms with E-state index < -0.39 is 0 Å². The Hall–Kier alpha value is -1.51. The molecule has 1 rings (SSSR count). The molecule has 0 amide bonds. The van der Waals surface area contributed by atoms with E-state index in [1.54, 1.807) is 0 Å². The third kappa shape index (κ3) is 5.64. The third-order valence-corrected chi connectivity index (χ3v) is 3.32. The first-order valence-corrected chi connectivity index (χ1v) is 7.71. The second-order valence-electron chi connectivity index (χ2n) is 5.16. The second kappa shape index (κ2) is 9.40. The smallest absolute Gasteiger partial charge is 0.340 e. The SMILES string of the molecule is CCCCCCC(C)Nc1ccccc1C(=O)OCC. The van der Waals surface area contributed by atoms with Gasteiger partial charge in [-0.1, -0.05) is 44.7 Å². The van der Waals surface area contributed by atoms with E-state index in [4.69, 9.17) is 4.74 Å². The summed E-state index contributed by atoms with van der Waals surface area (Å²) in [5.74, 6) is -0.256. The number of anilines is 1. The summed E-state index contributed by atoms with van der Waals surface area (Å²) in [5.41, 5.74) is 1.49. The zero-order valence-corrected chi connectivity index (χ0v) is 12.9. The number of carbonyl (C=O) groups is 1. The molecule has 0 fully saturated rings. The van der Waals surface area contributed by atoms with Crippen molar-refractivity contribution in [3.8, 4) is 0 Å². The first kappa shape index (κ1) is 16.5. The van der Waals surface area contributed by atoms with E-state index in [1.165, 1.54) is 25.7 Å². The molecule has 1 unspecified atom stereocenters. The average molecular weight is 277 g/mol. The highest BCUT2D eigenvalue weighted by atomic mass is 16.5. The quantitative estimate of drug-likeness (QED) is 0.528. The molecule has 0 aliphatic heterocycles. The Kier molecular flexibility index (Phi) is 7.78. The number of hydrogen-bond acceptors (Lipinski definition) is 3. The van der Waals surface area contributed by atoms with Crippen LogP contribution in [0.1, 0.15) is 63.2 Å². The van der Waals surface area contributed by atoms with Crippen LogP contribution in [0.25, 0.3) is 0 Å². The van der Waals surface area contributed by atoms with E-state index in [9.17, 15) is 4.79 Å². The molecule has 1 atom stereocenters. The van der Waals surface area contributed by atoms with Gasteiger partial charge in [0.15, 0.2) is 0 Å². The van der Waals surface area contributed by atoms with Gasteiger partial charge in [-0.05, 0) is 32.4 Å². The molecular formula is C17H27NO2. The fraction of sp³-hybridized carbons (Fsp3) is 0.588. The molecule has 112 valence electrons. The van der Waals surface area contributed by atoms with Gasteiger partial charge in [0.25, 0.3) is 0 Å². The van der Waals surface area contributed by atoms with Gasteiger partial charge >= 0.3 is 5.97 Å². The van der Waals surface area contributed by atoms with Crippen LogP contribution in [-0.4, -0.2) is 18.6 Å². The lowest BCUT2D eigenvalue weighted by Crippen LogP contribution is -2.18. The van der Waals surface area contributed by atoms with Crippen molar-refractivity contribution in [2.24, 2.45) is 0 Å². The molecule has 0 aliphatic rings. The zero-order valence-electron chi connectivity index (χ0n) is 12.9. The Balaban J connectivity index is 2.56. The van der Waals surface area contributed by atoms with E-state index >= 15 is 0 Å². The van der Waals surface area contributed by atoms with Crippen molar-refractivity contribution in [2.45, 2.75) is 58.9 Å². The van der Waals surface area contributed by atoms with E-state index in [0.29, 0.717) is 18.2 Å². The van der Waals surface area contributed by atoms with Gasteiger partial charge in [0.05, 0.1) is 12.2 Å². The van der Waals surface area contributed by atoms with E-state index in [1.807, 2.05) is 31.2 Å². The van der Waals surface area contributed by atoms with Crippen molar-refractivity contribution in [3.63, 3.8) is 0 Å². The molecule has 3 nitrogen and oxygen atoms in total. The molecule has 0 saturated heterocycles. The van der Waals surface area contributed by atoms with E-state index in [-0.39, 0.29) is 5.97 Å². The van der Waals surface area contributed by atoms with E-state index in [0.717, 1.165) is 12.1 Å². The summed E-state index contributed by atoms with van der Waals surface area (Å²) in [6.45, 7) is 6.61. The Morgan fingerprint density at radius 2 is 1.95 bits per heavy atom. The van der Waals surface area contributed by atoms with Crippen LogP contribution in [0.15, 0.2) is 24.3 Å². The number of ether oxygens (including phenoxy) is 1. The number of para-hydroxylation sites is 1. The van der Waals surface area contributed by atoms with Crippen molar-refractivity contribution in [1.29, 1.82) is 0 Å². The molecule has 0 spiro atoms. The van der Waals surface area contributed by atoms with Gasteiger partial charge in [0.2, 0.25) is 0 Å². The van der Waals surface area contributed by atoms with Gasteiger partial charge in [-0.25, -0.2) is 4.79 Å². The lowest BCUT2D eigenvalue weighted by Gasteiger charge is -2.17. The summed E-state index contributed by atoms with van der Waals surface area (Å²) in [7, 11) is 0. The van der Waals surface area contributed by atoms with Crippen LogP contribution in [0.3, 0.4) is 0 Å². The van der Waals surface area contributed by atoms with Gasteiger partial charge in [-0.3, -0.25) is 0 Å². The van der Waals surface area contributed by atoms with E-state index in [2.05, 4.69) is 19.2 Å². The highest BCUT2D eigenvalue weighted by Crippen LogP contribution is 2.19. The number of unbranched alkanes of at least 4 members (excludes halogenated alkanes) is 3. The molecule has 20 heavy (non-hydrogen) atoms. The van der Waals surface area contributed by atoms with Gasteiger partial charge in [-0.15, -0.1) is 0 Å². The minimum Gasteiger partial charge on any atom is -0.462 e. The molecule has 1 aromatic rings. The van der Waals surface area contributed by atoms with Gasteiger partial charge < -0.3 is 10.1 Å². The molecule has 0 radical (unpaired) electrons. The Bertz CT molecular complexity index is 404. The fourth-order valence-electron chi connectivity index (χ4n) is 2.21. The summed E-state index contributed by atoms with van der Waals surface area (Å²) in [4.78, 5) is 11.9. The lowest BCUT2D eigenvalue weighted by molar-refractivity contribution is 0.0527. The number of nitrogens with one attached hydrogen (secondary N) is 1. The van der Waals surface area contributed by atoms with Crippen LogP contribution < -0.4 is 5.32 Å². The Labute approximate surface area is 122 Å². The summed E-state index contributed by atoms with van der Waals surface area (Å²) in [5, 5.41) is 3.43. The topological polar surface area (TPSA) is 38.3 Å². The summed E-state index contributed by atoms with van der Waals surface area (Å²) in [6.07, 6.45) is 6.18. The average Bonchev–Trinajstić information content (AvgIpc) is 2.44. The summed E-state index contributed by atoms with van der Waals surface area (Å²) < 4.78 is 5.08. The largest absolute Gasteiger partial charge is 0.462 e. The van der Waals surface area contributed by atoms with Crippen molar-refractivity contribution in [1.82, 2.24) is 0 Å². The highest BCUT2D eigenvalue weighted by molar-refractivity contribution is 5.95. The maximum Gasteiger partial charge on any atom is 0.340 e. The van der Waals surface area contributed by atoms with Crippen molar-refractivity contribution in [2.75, 3.05) is 11.9 Å². The highest BCUT2D eigenvalue weighted by Gasteiger charge is 2.13. The monoisotopic (exact) mass is 277 g/mol. The Morgan fingerprint density at radius 1 is 1.20 bits per heavy atom. The maximum atomic E-state index is 11.9. The number of carbonyl (C=O) groups excluding carboxylic acids is 1. The number of benzene rings is 1.